The molecule has 0 radical (unpaired) electrons. The lowest BCUT2D eigenvalue weighted by Gasteiger charge is -2.25. The van der Waals surface area contributed by atoms with Gasteiger partial charge in [-0.05, 0) is 68.7 Å². The molecule has 0 aliphatic carbocycles. The molecular weight excluding hydrogens is 394 g/mol. The van der Waals surface area contributed by atoms with E-state index in [1.54, 1.807) is 25.3 Å². The van der Waals surface area contributed by atoms with Crippen LogP contribution >= 0.6 is 0 Å². The minimum Gasteiger partial charge on any atom is -0.507 e. The second-order valence-electron chi connectivity index (χ2n) is 7.91. The molecule has 164 valence electrons. The maximum absolute atomic E-state index is 13.0. The third-order valence-electron chi connectivity index (χ3n) is 5.24. The van der Waals surface area contributed by atoms with Crippen molar-refractivity contribution in [2.75, 3.05) is 13.7 Å². The van der Waals surface area contributed by atoms with Gasteiger partial charge in [-0.15, -0.1) is 0 Å². The molecule has 1 saturated heterocycles. The monoisotopic (exact) mass is 423 g/mol. The van der Waals surface area contributed by atoms with E-state index in [4.69, 9.17) is 9.47 Å². The fraction of sp³-hybridized carbons (Fsp3) is 0.360. The molecule has 1 unspecified atom stereocenters. The summed E-state index contributed by atoms with van der Waals surface area (Å²) in [4.78, 5) is 27.4. The van der Waals surface area contributed by atoms with Crippen molar-refractivity contribution >= 4 is 17.4 Å². The van der Waals surface area contributed by atoms with Gasteiger partial charge in [0.25, 0.3) is 11.7 Å². The lowest BCUT2D eigenvalue weighted by atomic mass is 9.93. The lowest BCUT2D eigenvalue weighted by molar-refractivity contribution is -0.139. The number of aliphatic hydroxyl groups excluding tert-OH is 1. The zero-order valence-corrected chi connectivity index (χ0v) is 18.6. The Morgan fingerprint density at radius 3 is 2.48 bits per heavy atom. The molecule has 2 aromatic carbocycles. The number of rotatable bonds is 7. The molecule has 2 aromatic rings. The molecule has 0 spiro atoms. The van der Waals surface area contributed by atoms with Crippen LogP contribution in [0, 0.1) is 6.92 Å². The van der Waals surface area contributed by atoms with Gasteiger partial charge in [0.05, 0.1) is 24.8 Å². The van der Waals surface area contributed by atoms with Crippen LogP contribution in [0.1, 0.15) is 49.9 Å². The topological polar surface area (TPSA) is 76.1 Å². The first kappa shape index (κ1) is 22.4. The Kier molecular flexibility index (Phi) is 6.68. The van der Waals surface area contributed by atoms with Gasteiger partial charge >= 0.3 is 0 Å². The van der Waals surface area contributed by atoms with Crippen LogP contribution in [0.25, 0.3) is 5.76 Å². The van der Waals surface area contributed by atoms with Crippen LogP contribution in [-0.4, -0.2) is 41.5 Å². The number of aliphatic hydroxyl groups is 1. The number of carbonyl (C=O) groups excluding carboxylic acids is 2. The fourth-order valence-corrected chi connectivity index (χ4v) is 3.90. The average Bonchev–Trinajstić information content (AvgIpc) is 2.98. The predicted octanol–water partition coefficient (Wildman–Crippen LogP) is 4.62. The third kappa shape index (κ3) is 4.43. The molecule has 1 aliphatic heterocycles. The van der Waals surface area contributed by atoms with Crippen molar-refractivity contribution in [2.45, 2.75) is 46.3 Å². The van der Waals surface area contributed by atoms with Gasteiger partial charge < -0.3 is 19.5 Å². The number of likely N-dealkylation sites (tertiary alicyclic amines) is 1. The van der Waals surface area contributed by atoms with E-state index in [1.165, 1.54) is 4.90 Å². The van der Waals surface area contributed by atoms with Crippen LogP contribution in [0.2, 0.25) is 0 Å². The molecule has 1 N–H and O–H groups in total. The summed E-state index contributed by atoms with van der Waals surface area (Å²) in [7, 11) is 1.57. The summed E-state index contributed by atoms with van der Waals surface area (Å²) in [6.45, 7) is 8.04. The van der Waals surface area contributed by atoms with E-state index in [0.717, 1.165) is 11.1 Å². The first-order valence-electron chi connectivity index (χ1n) is 10.5. The molecule has 3 rings (SSSR count). The van der Waals surface area contributed by atoms with Crippen molar-refractivity contribution in [1.29, 1.82) is 0 Å². The van der Waals surface area contributed by atoms with Gasteiger partial charge in [-0.1, -0.05) is 19.1 Å². The van der Waals surface area contributed by atoms with Crippen molar-refractivity contribution in [3.05, 3.63) is 64.7 Å². The molecule has 6 heteroatoms. The van der Waals surface area contributed by atoms with Gasteiger partial charge in [-0.25, -0.2) is 0 Å². The SMILES string of the molecule is CCCN1C(=O)C(=O)/C(=C(/O)c2ccc(OC)cc2C)C1c1cccc(OC(C)C)c1. The van der Waals surface area contributed by atoms with Crippen LogP contribution in [0.15, 0.2) is 48.0 Å². The van der Waals surface area contributed by atoms with E-state index in [2.05, 4.69) is 0 Å². The molecule has 1 fully saturated rings. The first-order valence-corrected chi connectivity index (χ1v) is 10.5. The Bertz CT molecular complexity index is 1020. The Hall–Kier alpha value is -3.28. The number of hydrogen-bond donors (Lipinski definition) is 1. The average molecular weight is 424 g/mol. The Balaban J connectivity index is 2.18. The van der Waals surface area contributed by atoms with E-state index in [9.17, 15) is 14.7 Å². The highest BCUT2D eigenvalue weighted by Gasteiger charge is 2.45. The predicted molar refractivity (Wildman–Crippen MR) is 119 cm³/mol. The molecule has 1 atom stereocenters. The molecule has 0 aromatic heterocycles. The highest BCUT2D eigenvalue weighted by atomic mass is 16.5. The second-order valence-corrected chi connectivity index (χ2v) is 7.91. The standard InChI is InChI=1S/C25H29NO5/c1-6-12-26-22(17-8-7-9-19(14-17)31-15(2)3)21(24(28)25(26)29)23(27)20-11-10-18(30-5)13-16(20)4/h7-11,13-15,22,27H,6,12H2,1-5H3/b23-21+. The summed E-state index contributed by atoms with van der Waals surface area (Å²) in [6, 6.07) is 11.9. The quantitative estimate of drug-likeness (QED) is 0.399. The number of amides is 1. The van der Waals surface area contributed by atoms with Crippen molar-refractivity contribution in [2.24, 2.45) is 0 Å². The Labute approximate surface area is 183 Å². The van der Waals surface area contributed by atoms with Crippen molar-refractivity contribution in [3.8, 4) is 11.5 Å². The highest BCUT2D eigenvalue weighted by Crippen LogP contribution is 2.41. The number of Topliss-reactive ketones (excluding diaryl/α,β-unsaturated/α-hetero) is 1. The van der Waals surface area contributed by atoms with E-state index >= 15 is 0 Å². The number of carbonyl (C=O) groups is 2. The lowest BCUT2D eigenvalue weighted by Crippen LogP contribution is -2.30. The maximum Gasteiger partial charge on any atom is 0.295 e. The van der Waals surface area contributed by atoms with Gasteiger partial charge in [-0.3, -0.25) is 9.59 Å². The second kappa shape index (κ2) is 9.25. The number of hydrogen-bond acceptors (Lipinski definition) is 5. The van der Waals surface area contributed by atoms with Crippen LogP contribution in [0.5, 0.6) is 11.5 Å². The number of nitrogens with zero attached hydrogens (tertiary/aromatic N) is 1. The number of benzene rings is 2. The van der Waals surface area contributed by atoms with Gasteiger partial charge in [0.2, 0.25) is 0 Å². The number of aryl methyl sites for hydroxylation is 1. The van der Waals surface area contributed by atoms with E-state index in [1.807, 2.05) is 52.0 Å². The van der Waals surface area contributed by atoms with Crippen LogP contribution in [0.4, 0.5) is 0 Å². The number of methoxy groups -OCH3 is 1. The van der Waals surface area contributed by atoms with Gasteiger partial charge in [0.15, 0.2) is 0 Å². The van der Waals surface area contributed by atoms with Gasteiger partial charge in [0.1, 0.15) is 17.3 Å². The Morgan fingerprint density at radius 2 is 1.87 bits per heavy atom. The summed E-state index contributed by atoms with van der Waals surface area (Å²) < 4.78 is 11.0. The van der Waals surface area contributed by atoms with Crippen LogP contribution in [0.3, 0.4) is 0 Å². The van der Waals surface area contributed by atoms with E-state index in [0.29, 0.717) is 30.0 Å². The molecule has 6 nitrogen and oxygen atoms in total. The third-order valence-corrected chi connectivity index (χ3v) is 5.24. The van der Waals surface area contributed by atoms with Crippen molar-refractivity contribution < 1.29 is 24.2 Å². The van der Waals surface area contributed by atoms with Gasteiger partial charge in [-0.2, -0.15) is 0 Å². The van der Waals surface area contributed by atoms with Crippen LogP contribution < -0.4 is 9.47 Å². The summed E-state index contributed by atoms with van der Waals surface area (Å²) in [5, 5.41) is 11.2. The zero-order valence-electron chi connectivity index (χ0n) is 18.6. The first-order chi connectivity index (χ1) is 14.8. The summed E-state index contributed by atoms with van der Waals surface area (Å²) >= 11 is 0. The highest BCUT2D eigenvalue weighted by molar-refractivity contribution is 6.46. The summed E-state index contributed by atoms with van der Waals surface area (Å²) in [6.07, 6.45) is 0.673. The number of ketones is 1. The van der Waals surface area contributed by atoms with E-state index in [-0.39, 0.29) is 17.4 Å². The minimum absolute atomic E-state index is 0.0146. The molecule has 1 amide bonds. The van der Waals surface area contributed by atoms with Crippen molar-refractivity contribution in [1.82, 2.24) is 4.90 Å². The number of ether oxygens (including phenoxy) is 2. The molecule has 31 heavy (non-hydrogen) atoms. The summed E-state index contributed by atoms with van der Waals surface area (Å²) in [5.41, 5.74) is 2.05. The molecule has 1 aliphatic rings. The normalized spacial score (nSPS) is 18.0. The molecular formula is C25H29NO5. The smallest absolute Gasteiger partial charge is 0.295 e. The van der Waals surface area contributed by atoms with E-state index < -0.39 is 17.7 Å². The van der Waals surface area contributed by atoms with Gasteiger partial charge in [0, 0.05) is 12.1 Å². The van der Waals surface area contributed by atoms with Crippen LogP contribution in [-0.2, 0) is 9.59 Å². The largest absolute Gasteiger partial charge is 0.507 e. The fourth-order valence-electron chi connectivity index (χ4n) is 3.90. The molecule has 0 bridgehead atoms. The summed E-state index contributed by atoms with van der Waals surface area (Å²) in [5.74, 6) is -0.167. The minimum atomic E-state index is -0.683. The zero-order chi connectivity index (χ0) is 22.7. The molecule has 0 saturated carbocycles. The maximum atomic E-state index is 13.0. The van der Waals surface area contributed by atoms with Crippen molar-refractivity contribution in [3.63, 3.8) is 0 Å². The Morgan fingerprint density at radius 1 is 1.13 bits per heavy atom. The molecule has 1 heterocycles.